The Bertz CT molecular complexity index is 978. The first kappa shape index (κ1) is 18.0. The van der Waals surface area contributed by atoms with Gasteiger partial charge in [0.2, 0.25) is 6.79 Å². The first-order valence-corrected chi connectivity index (χ1v) is 9.01. The van der Waals surface area contributed by atoms with Crippen molar-refractivity contribution in [2.45, 2.75) is 26.6 Å². The van der Waals surface area contributed by atoms with Gasteiger partial charge < -0.3 is 23.5 Å². The second kappa shape index (κ2) is 7.67. The molecule has 0 saturated heterocycles. The molecule has 0 atom stereocenters. The number of carbonyl (C=O) groups excluding carboxylic acids is 1. The Balaban J connectivity index is 1.36. The van der Waals surface area contributed by atoms with Crippen molar-refractivity contribution in [3.05, 3.63) is 59.8 Å². The molecule has 0 saturated carbocycles. The molecule has 0 unspecified atom stereocenters. The Hall–Kier alpha value is -3.42. The van der Waals surface area contributed by atoms with Crippen LogP contribution in [0.1, 0.15) is 28.9 Å². The van der Waals surface area contributed by atoms with Gasteiger partial charge in [0.15, 0.2) is 17.3 Å². The Morgan fingerprint density at radius 2 is 2.07 bits per heavy atom. The second-order valence-corrected chi connectivity index (χ2v) is 6.37. The highest BCUT2D eigenvalue weighted by Gasteiger charge is 2.18. The Labute approximate surface area is 162 Å². The van der Waals surface area contributed by atoms with E-state index in [4.69, 9.17) is 18.6 Å². The van der Waals surface area contributed by atoms with E-state index >= 15 is 0 Å². The van der Waals surface area contributed by atoms with E-state index < -0.39 is 0 Å². The van der Waals surface area contributed by atoms with Gasteiger partial charge in [-0.05, 0) is 37.3 Å². The molecular formula is C20H21N3O5. The number of hydrogen-bond acceptors (Lipinski definition) is 6. The molecule has 1 aliphatic heterocycles. The van der Waals surface area contributed by atoms with Crippen LogP contribution >= 0.6 is 0 Å². The number of hydrogen-bond donors (Lipinski definition) is 0. The van der Waals surface area contributed by atoms with Gasteiger partial charge in [0.25, 0.3) is 5.91 Å². The highest BCUT2D eigenvalue weighted by molar-refractivity contribution is 5.91. The van der Waals surface area contributed by atoms with Crippen LogP contribution in [0.2, 0.25) is 0 Å². The van der Waals surface area contributed by atoms with E-state index in [1.165, 1.54) is 0 Å². The minimum absolute atomic E-state index is 0.196. The highest BCUT2D eigenvalue weighted by atomic mass is 16.7. The summed E-state index contributed by atoms with van der Waals surface area (Å²) in [6.45, 7) is 3.65. The fourth-order valence-electron chi connectivity index (χ4n) is 2.97. The number of aryl methyl sites for hydroxylation is 1. The van der Waals surface area contributed by atoms with E-state index in [1.54, 1.807) is 48.5 Å². The molecule has 8 heteroatoms. The maximum atomic E-state index is 12.6. The number of benzene rings is 1. The Morgan fingerprint density at radius 1 is 1.21 bits per heavy atom. The standard InChI is InChI=1S/C20H21N3O5/c1-3-23-14(8-9-21-23)11-22(2)20(24)18-7-5-16(28-18)12-25-15-4-6-17-19(10-15)27-13-26-17/h4-10H,3,11-13H2,1-2H3. The summed E-state index contributed by atoms with van der Waals surface area (Å²) in [6.07, 6.45) is 1.73. The van der Waals surface area contributed by atoms with E-state index in [2.05, 4.69) is 5.10 Å². The molecule has 3 heterocycles. The minimum Gasteiger partial charge on any atom is -0.486 e. The third-order valence-electron chi connectivity index (χ3n) is 4.45. The highest BCUT2D eigenvalue weighted by Crippen LogP contribution is 2.35. The van der Waals surface area contributed by atoms with Gasteiger partial charge in [-0.25, -0.2) is 0 Å². The van der Waals surface area contributed by atoms with Crippen LogP contribution in [0.25, 0.3) is 0 Å². The molecule has 8 nitrogen and oxygen atoms in total. The number of aromatic nitrogens is 2. The zero-order valence-electron chi connectivity index (χ0n) is 15.8. The maximum Gasteiger partial charge on any atom is 0.289 e. The van der Waals surface area contributed by atoms with E-state index in [0.717, 1.165) is 12.2 Å². The van der Waals surface area contributed by atoms with Crippen molar-refractivity contribution >= 4 is 5.91 Å². The molecule has 146 valence electrons. The molecule has 0 fully saturated rings. The summed E-state index contributed by atoms with van der Waals surface area (Å²) in [5.41, 5.74) is 0.969. The number of amides is 1. The summed E-state index contributed by atoms with van der Waals surface area (Å²) in [5.74, 6) is 2.63. The van der Waals surface area contributed by atoms with E-state index in [-0.39, 0.29) is 25.1 Å². The normalized spacial score (nSPS) is 12.2. The topological polar surface area (TPSA) is 79.0 Å². The van der Waals surface area contributed by atoms with Crippen molar-refractivity contribution in [2.75, 3.05) is 13.8 Å². The van der Waals surface area contributed by atoms with Crippen LogP contribution < -0.4 is 14.2 Å². The summed E-state index contributed by atoms with van der Waals surface area (Å²) in [7, 11) is 1.74. The average Bonchev–Trinajstić information content (AvgIpc) is 3.45. The zero-order valence-corrected chi connectivity index (χ0v) is 15.8. The SMILES string of the molecule is CCn1nccc1CN(C)C(=O)c1ccc(COc2ccc3c(c2)OCO3)o1. The molecular weight excluding hydrogens is 362 g/mol. The van der Waals surface area contributed by atoms with Gasteiger partial charge in [0, 0.05) is 25.9 Å². The van der Waals surface area contributed by atoms with Crippen molar-refractivity contribution in [3.8, 4) is 17.2 Å². The summed E-state index contributed by atoms with van der Waals surface area (Å²) >= 11 is 0. The van der Waals surface area contributed by atoms with Crippen molar-refractivity contribution < 1.29 is 23.4 Å². The molecule has 3 aromatic rings. The van der Waals surface area contributed by atoms with Gasteiger partial charge in [-0.3, -0.25) is 9.48 Å². The lowest BCUT2D eigenvalue weighted by Gasteiger charge is -2.16. The lowest BCUT2D eigenvalue weighted by molar-refractivity contribution is 0.0745. The molecule has 1 amide bonds. The average molecular weight is 383 g/mol. The fourth-order valence-corrected chi connectivity index (χ4v) is 2.97. The van der Waals surface area contributed by atoms with Crippen molar-refractivity contribution in [1.82, 2.24) is 14.7 Å². The first-order chi connectivity index (χ1) is 13.6. The van der Waals surface area contributed by atoms with Crippen LogP contribution in [0.3, 0.4) is 0 Å². The number of nitrogens with zero attached hydrogens (tertiary/aromatic N) is 3. The van der Waals surface area contributed by atoms with Gasteiger partial charge in [-0.15, -0.1) is 0 Å². The lowest BCUT2D eigenvalue weighted by Crippen LogP contribution is -2.27. The number of carbonyl (C=O) groups is 1. The summed E-state index contributed by atoms with van der Waals surface area (Å²) in [4.78, 5) is 14.2. The quantitative estimate of drug-likeness (QED) is 0.624. The van der Waals surface area contributed by atoms with Gasteiger partial charge >= 0.3 is 0 Å². The number of fused-ring (bicyclic) bond motifs is 1. The van der Waals surface area contributed by atoms with Crippen LogP contribution in [0.4, 0.5) is 0 Å². The zero-order chi connectivity index (χ0) is 19.5. The van der Waals surface area contributed by atoms with Gasteiger partial charge in [0.05, 0.1) is 12.2 Å². The van der Waals surface area contributed by atoms with Gasteiger partial charge in [-0.1, -0.05) is 0 Å². The van der Waals surface area contributed by atoms with Crippen LogP contribution in [0.5, 0.6) is 17.2 Å². The molecule has 0 aliphatic carbocycles. The van der Waals surface area contributed by atoms with Crippen LogP contribution in [-0.4, -0.2) is 34.4 Å². The summed E-state index contributed by atoms with van der Waals surface area (Å²) in [5, 5.41) is 4.22. The number of ether oxygens (including phenoxy) is 3. The molecule has 1 aromatic carbocycles. The van der Waals surface area contributed by atoms with Gasteiger partial charge in [0.1, 0.15) is 18.1 Å². The van der Waals surface area contributed by atoms with Crippen molar-refractivity contribution in [2.24, 2.45) is 0 Å². The molecule has 0 N–H and O–H groups in total. The van der Waals surface area contributed by atoms with Crippen LogP contribution in [0.15, 0.2) is 47.0 Å². The molecule has 0 radical (unpaired) electrons. The second-order valence-electron chi connectivity index (χ2n) is 6.37. The largest absolute Gasteiger partial charge is 0.486 e. The van der Waals surface area contributed by atoms with E-state index in [1.807, 2.05) is 17.7 Å². The number of furan rings is 1. The molecule has 0 bridgehead atoms. The first-order valence-electron chi connectivity index (χ1n) is 9.01. The van der Waals surface area contributed by atoms with Crippen LogP contribution in [0, 0.1) is 0 Å². The Kier molecular flexibility index (Phi) is 4.92. The van der Waals surface area contributed by atoms with E-state index in [0.29, 0.717) is 29.6 Å². The van der Waals surface area contributed by atoms with Crippen molar-refractivity contribution in [3.63, 3.8) is 0 Å². The molecule has 0 spiro atoms. The number of rotatable bonds is 7. The molecule has 4 rings (SSSR count). The third kappa shape index (κ3) is 3.66. The lowest BCUT2D eigenvalue weighted by atomic mass is 10.3. The van der Waals surface area contributed by atoms with Crippen molar-refractivity contribution in [1.29, 1.82) is 0 Å². The molecule has 28 heavy (non-hydrogen) atoms. The monoisotopic (exact) mass is 383 g/mol. The Morgan fingerprint density at radius 3 is 2.93 bits per heavy atom. The summed E-state index contributed by atoms with van der Waals surface area (Å²) in [6, 6.07) is 10.7. The predicted octanol–water partition coefficient (Wildman–Crippen LogP) is 3.08. The molecule has 1 aliphatic rings. The summed E-state index contributed by atoms with van der Waals surface area (Å²) < 4.78 is 23.8. The minimum atomic E-state index is -0.196. The fraction of sp³-hybridized carbons (Fsp3) is 0.300. The maximum absolute atomic E-state index is 12.6. The molecule has 2 aromatic heterocycles. The third-order valence-corrected chi connectivity index (χ3v) is 4.45. The smallest absolute Gasteiger partial charge is 0.289 e. The van der Waals surface area contributed by atoms with E-state index in [9.17, 15) is 4.79 Å². The predicted molar refractivity (Wildman–Crippen MR) is 99.3 cm³/mol. The van der Waals surface area contributed by atoms with Crippen LogP contribution in [-0.2, 0) is 19.7 Å². The van der Waals surface area contributed by atoms with Gasteiger partial charge in [-0.2, -0.15) is 5.10 Å².